The Morgan fingerprint density at radius 1 is 1.17 bits per heavy atom. The van der Waals surface area contributed by atoms with Crippen LogP contribution in [0.25, 0.3) is 0 Å². The number of rotatable bonds is 2. The molecule has 0 unspecified atom stereocenters. The van der Waals surface area contributed by atoms with Crippen molar-refractivity contribution in [3.8, 4) is 0 Å². The van der Waals surface area contributed by atoms with Crippen LogP contribution < -0.4 is 10.9 Å². The van der Waals surface area contributed by atoms with Gasteiger partial charge < -0.3 is 10.3 Å². The van der Waals surface area contributed by atoms with Gasteiger partial charge in [0.2, 0.25) is 5.56 Å². The van der Waals surface area contributed by atoms with Gasteiger partial charge in [0, 0.05) is 18.0 Å². The van der Waals surface area contributed by atoms with Crippen LogP contribution in [0.5, 0.6) is 0 Å². The second-order valence-corrected chi connectivity index (χ2v) is 4.14. The molecule has 0 fully saturated rings. The SMILES string of the molecule is Cc1cccc(NC(=O)c2ccc(=O)[nH]c2)c1C. The highest BCUT2D eigenvalue weighted by molar-refractivity contribution is 6.04. The third-order valence-electron chi connectivity index (χ3n) is 2.90. The normalized spacial score (nSPS) is 10.1. The number of amides is 1. The molecule has 4 nitrogen and oxygen atoms in total. The second-order valence-electron chi connectivity index (χ2n) is 4.14. The van der Waals surface area contributed by atoms with Gasteiger partial charge in [-0.1, -0.05) is 12.1 Å². The molecule has 1 aromatic heterocycles. The van der Waals surface area contributed by atoms with Crippen molar-refractivity contribution in [2.24, 2.45) is 0 Å². The van der Waals surface area contributed by atoms with Gasteiger partial charge in [0.25, 0.3) is 5.91 Å². The van der Waals surface area contributed by atoms with E-state index < -0.39 is 0 Å². The summed E-state index contributed by atoms with van der Waals surface area (Å²) < 4.78 is 0. The Morgan fingerprint density at radius 3 is 2.61 bits per heavy atom. The highest BCUT2D eigenvalue weighted by Gasteiger charge is 2.08. The fourth-order valence-corrected chi connectivity index (χ4v) is 1.63. The Kier molecular flexibility index (Phi) is 3.28. The number of carbonyl (C=O) groups is 1. The van der Waals surface area contributed by atoms with E-state index in [1.807, 2.05) is 32.0 Å². The molecule has 0 atom stereocenters. The van der Waals surface area contributed by atoms with E-state index in [2.05, 4.69) is 10.3 Å². The van der Waals surface area contributed by atoms with Gasteiger partial charge in [-0.3, -0.25) is 9.59 Å². The van der Waals surface area contributed by atoms with Crippen LogP contribution in [-0.2, 0) is 0 Å². The zero-order valence-corrected chi connectivity index (χ0v) is 10.3. The minimum absolute atomic E-state index is 0.224. The van der Waals surface area contributed by atoms with E-state index in [1.165, 1.54) is 18.3 Å². The lowest BCUT2D eigenvalue weighted by atomic mass is 10.1. The van der Waals surface area contributed by atoms with Crippen LogP contribution in [0.15, 0.2) is 41.3 Å². The van der Waals surface area contributed by atoms with Crippen LogP contribution in [0.1, 0.15) is 21.5 Å². The molecule has 0 aliphatic heterocycles. The summed E-state index contributed by atoms with van der Waals surface area (Å²) in [6.07, 6.45) is 1.41. The smallest absolute Gasteiger partial charge is 0.257 e. The van der Waals surface area contributed by atoms with Crippen LogP contribution in [-0.4, -0.2) is 10.9 Å². The topological polar surface area (TPSA) is 62.0 Å². The maximum absolute atomic E-state index is 12.0. The van der Waals surface area contributed by atoms with Gasteiger partial charge in [0.1, 0.15) is 0 Å². The van der Waals surface area contributed by atoms with Gasteiger partial charge in [0.05, 0.1) is 5.56 Å². The molecular weight excluding hydrogens is 228 g/mol. The molecular formula is C14H14N2O2. The summed E-state index contributed by atoms with van der Waals surface area (Å²) in [4.78, 5) is 25.3. The van der Waals surface area contributed by atoms with E-state index in [0.717, 1.165) is 16.8 Å². The number of benzene rings is 1. The first-order valence-electron chi connectivity index (χ1n) is 5.64. The van der Waals surface area contributed by atoms with E-state index >= 15 is 0 Å². The van der Waals surface area contributed by atoms with Crippen molar-refractivity contribution >= 4 is 11.6 Å². The van der Waals surface area contributed by atoms with Crippen molar-refractivity contribution in [1.29, 1.82) is 0 Å². The fourth-order valence-electron chi connectivity index (χ4n) is 1.63. The molecule has 4 heteroatoms. The summed E-state index contributed by atoms with van der Waals surface area (Å²) in [7, 11) is 0. The van der Waals surface area contributed by atoms with Crippen LogP contribution in [0.2, 0.25) is 0 Å². The molecule has 0 saturated heterocycles. The van der Waals surface area contributed by atoms with Gasteiger partial charge in [0.15, 0.2) is 0 Å². The van der Waals surface area contributed by atoms with Gasteiger partial charge >= 0.3 is 0 Å². The first-order valence-corrected chi connectivity index (χ1v) is 5.64. The van der Waals surface area contributed by atoms with Crippen molar-refractivity contribution in [3.63, 3.8) is 0 Å². The van der Waals surface area contributed by atoms with Crippen molar-refractivity contribution in [2.45, 2.75) is 13.8 Å². The molecule has 0 aliphatic carbocycles. The van der Waals surface area contributed by atoms with E-state index in [9.17, 15) is 9.59 Å². The lowest BCUT2D eigenvalue weighted by Gasteiger charge is -2.10. The van der Waals surface area contributed by atoms with Crippen LogP contribution >= 0.6 is 0 Å². The largest absolute Gasteiger partial charge is 0.328 e. The monoisotopic (exact) mass is 242 g/mol. The fraction of sp³-hybridized carbons (Fsp3) is 0.143. The molecule has 2 N–H and O–H groups in total. The maximum atomic E-state index is 12.0. The van der Waals surface area contributed by atoms with Crippen molar-refractivity contribution < 1.29 is 4.79 Å². The van der Waals surface area contributed by atoms with Crippen molar-refractivity contribution in [2.75, 3.05) is 5.32 Å². The molecule has 2 aromatic rings. The third kappa shape index (κ3) is 2.48. The molecule has 1 aromatic carbocycles. The summed E-state index contributed by atoms with van der Waals surface area (Å²) in [6.45, 7) is 3.95. The molecule has 0 bridgehead atoms. The molecule has 92 valence electrons. The molecule has 0 saturated carbocycles. The zero-order chi connectivity index (χ0) is 13.1. The number of hydrogen-bond acceptors (Lipinski definition) is 2. The highest BCUT2D eigenvalue weighted by Crippen LogP contribution is 2.18. The van der Waals surface area contributed by atoms with Gasteiger partial charge in [-0.05, 0) is 37.1 Å². The Bertz CT molecular complexity index is 624. The minimum Gasteiger partial charge on any atom is -0.328 e. The summed E-state index contributed by atoms with van der Waals surface area (Å²) in [5, 5.41) is 2.83. The number of aromatic nitrogens is 1. The second kappa shape index (κ2) is 4.87. The molecule has 0 spiro atoms. The lowest BCUT2D eigenvalue weighted by molar-refractivity contribution is 0.102. The molecule has 18 heavy (non-hydrogen) atoms. The van der Waals surface area contributed by atoms with Gasteiger partial charge in [-0.2, -0.15) is 0 Å². The zero-order valence-electron chi connectivity index (χ0n) is 10.3. The van der Waals surface area contributed by atoms with Crippen molar-refractivity contribution in [3.05, 3.63) is 63.6 Å². The first kappa shape index (κ1) is 12.1. The lowest BCUT2D eigenvalue weighted by Crippen LogP contribution is -2.15. The molecule has 1 heterocycles. The van der Waals surface area contributed by atoms with Crippen molar-refractivity contribution in [1.82, 2.24) is 4.98 Å². The van der Waals surface area contributed by atoms with E-state index in [1.54, 1.807) is 0 Å². The number of aryl methyl sites for hydroxylation is 1. The highest BCUT2D eigenvalue weighted by atomic mass is 16.1. The Hall–Kier alpha value is -2.36. The average molecular weight is 242 g/mol. The number of carbonyl (C=O) groups excluding carboxylic acids is 1. The Labute approximate surface area is 105 Å². The standard InChI is InChI=1S/C14H14N2O2/c1-9-4-3-5-12(10(9)2)16-14(18)11-6-7-13(17)15-8-11/h3-8H,1-2H3,(H,15,17)(H,16,18). The van der Waals surface area contributed by atoms with E-state index in [0.29, 0.717) is 5.56 Å². The van der Waals surface area contributed by atoms with Gasteiger partial charge in [-0.25, -0.2) is 0 Å². The molecule has 0 radical (unpaired) electrons. The predicted octanol–water partition coefficient (Wildman–Crippen LogP) is 2.24. The summed E-state index contributed by atoms with van der Waals surface area (Å²) in [5.74, 6) is -0.236. The first-order chi connectivity index (χ1) is 8.58. The number of H-pyrrole nitrogens is 1. The average Bonchev–Trinajstić information content (AvgIpc) is 2.36. The summed E-state index contributed by atoms with van der Waals surface area (Å²) in [5.41, 5.74) is 3.14. The number of nitrogens with one attached hydrogen (secondary N) is 2. The van der Waals surface area contributed by atoms with Gasteiger partial charge in [-0.15, -0.1) is 0 Å². The Morgan fingerprint density at radius 2 is 1.94 bits per heavy atom. The number of aromatic amines is 1. The Balaban J connectivity index is 2.24. The molecule has 0 aliphatic rings. The van der Waals surface area contributed by atoms with E-state index in [-0.39, 0.29) is 11.5 Å². The van der Waals surface area contributed by atoms with Crippen LogP contribution in [0.3, 0.4) is 0 Å². The summed E-state index contributed by atoms with van der Waals surface area (Å²) in [6, 6.07) is 8.57. The van der Waals surface area contributed by atoms with Crippen LogP contribution in [0.4, 0.5) is 5.69 Å². The molecule has 1 amide bonds. The minimum atomic E-state index is -0.236. The predicted molar refractivity (Wildman–Crippen MR) is 70.9 cm³/mol. The maximum Gasteiger partial charge on any atom is 0.257 e. The van der Waals surface area contributed by atoms with E-state index in [4.69, 9.17) is 0 Å². The molecule has 2 rings (SSSR count). The number of hydrogen-bond donors (Lipinski definition) is 2. The third-order valence-corrected chi connectivity index (χ3v) is 2.90. The number of anilines is 1. The summed E-state index contributed by atoms with van der Waals surface area (Å²) >= 11 is 0. The number of pyridine rings is 1. The quantitative estimate of drug-likeness (QED) is 0.848. The van der Waals surface area contributed by atoms with Crippen LogP contribution in [0, 0.1) is 13.8 Å².